The third kappa shape index (κ3) is 7.37. The fraction of sp³-hybridized carbons (Fsp3) is 1.00. The Bertz CT molecular complexity index is 108. The van der Waals surface area contributed by atoms with Gasteiger partial charge in [0.15, 0.2) is 0 Å². The van der Waals surface area contributed by atoms with E-state index in [0.29, 0.717) is 0 Å². The molecule has 0 aliphatic heterocycles. The van der Waals surface area contributed by atoms with Gasteiger partial charge in [0.05, 0.1) is 0 Å². The summed E-state index contributed by atoms with van der Waals surface area (Å²) in [5, 5.41) is 3.48. The van der Waals surface area contributed by atoms with Gasteiger partial charge in [-0.05, 0) is 44.2 Å². The van der Waals surface area contributed by atoms with Crippen molar-refractivity contribution in [2.24, 2.45) is 11.8 Å². The van der Waals surface area contributed by atoms with Crippen molar-refractivity contribution in [1.29, 1.82) is 0 Å². The van der Waals surface area contributed by atoms with E-state index in [1.807, 2.05) is 0 Å². The van der Waals surface area contributed by atoms with Gasteiger partial charge in [0.1, 0.15) is 0 Å². The molecular weight excluding hydrogens is 170 g/mol. The van der Waals surface area contributed by atoms with Crippen LogP contribution in [0.25, 0.3) is 0 Å². The predicted molar refractivity (Wildman–Crippen MR) is 65.6 cm³/mol. The van der Waals surface area contributed by atoms with E-state index in [4.69, 9.17) is 0 Å². The van der Waals surface area contributed by atoms with Crippen LogP contribution < -0.4 is 5.32 Å². The van der Waals surface area contributed by atoms with Crippen LogP contribution in [-0.4, -0.2) is 13.1 Å². The van der Waals surface area contributed by atoms with E-state index in [0.717, 1.165) is 11.8 Å². The van der Waals surface area contributed by atoms with Gasteiger partial charge in [-0.25, -0.2) is 0 Å². The third-order valence-electron chi connectivity index (χ3n) is 3.13. The molecule has 0 aromatic carbocycles. The highest BCUT2D eigenvalue weighted by Crippen LogP contribution is 2.20. The molecule has 0 amide bonds. The smallest absolute Gasteiger partial charge is 0.00464 e. The van der Waals surface area contributed by atoms with Crippen LogP contribution in [0.15, 0.2) is 0 Å². The first-order valence-corrected chi connectivity index (χ1v) is 6.45. The first-order chi connectivity index (χ1) is 6.74. The second-order valence-corrected chi connectivity index (χ2v) is 4.56. The molecule has 0 radical (unpaired) electrons. The van der Waals surface area contributed by atoms with E-state index >= 15 is 0 Å². The number of nitrogens with one attached hydrogen (secondary N) is 1. The van der Waals surface area contributed by atoms with Crippen molar-refractivity contribution in [1.82, 2.24) is 5.32 Å². The molecule has 0 fully saturated rings. The fourth-order valence-electron chi connectivity index (χ4n) is 1.96. The molecule has 14 heavy (non-hydrogen) atoms. The molecule has 1 heteroatoms. The Morgan fingerprint density at radius 1 is 1.00 bits per heavy atom. The summed E-state index contributed by atoms with van der Waals surface area (Å²) >= 11 is 0. The minimum absolute atomic E-state index is 0.893. The van der Waals surface area contributed by atoms with Gasteiger partial charge in [0.2, 0.25) is 0 Å². The first kappa shape index (κ1) is 14.0. The molecule has 0 bridgehead atoms. The van der Waals surface area contributed by atoms with E-state index in [-0.39, 0.29) is 0 Å². The van der Waals surface area contributed by atoms with E-state index in [2.05, 4.69) is 33.0 Å². The van der Waals surface area contributed by atoms with Crippen LogP contribution in [0.4, 0.5) is 0 Å². The molecule has 0 aromatic rings. The zero-order valence-electron chi connectivity index (χ0n) is 10.6. The van der Waals surface area contributed by atoms with Crippen molar-refractivity contribution >= 4 is 0 Å². The van der Waals surface area contributed by atoms with Gasteiger partial charge in [-0.15, -0.1) is 0 Å². The van der Waals surface area contributed by atoms with Gasteiger partial charge < -0.3 is 5.32 Å². The molecule has 0 aliphatic rings. The third-order valence-corrected chi connectivity index (χ3v) is 3.13. The van der Waals surface area contributed by atoms with Crippen molar-refractivity contribution in [3.63, 3.8) is 0 Å². The Kier molecular flexibility index (Phi) is 9.49. The molecule has 1 atom stereocenters. The highest BCUT2D eigenvalue weighted by molar-refractivity contribution is 4.62. The molecule has 86 valence electrons. The minimum Gasteiger partial charge on any atom is -0.317 e. The number of hydrogen-bond donors (Lipinski definition) is 1. The summed E-state index contributed by atoms with van der Waals surface area (Å²) < 4.78 is 0. The highest BCUT2D eigenvalue weighted by Gasteiger charge is 2.09. The topological polar surface area (TPSA) is 12.0 Å². The van der Waals surface area contributed by atoms with Crippen LogP contribution in [-0.2, 0) is 0 Å². The summed E-state index contributed by atoms with van der Waals surface area (Å²) in [5.74, 6) is 1.85. The minimum atomic E-state index is 0.893. The van der Waals surface area contributed by atoms with Crippen molar-refractivity contribution < 1.29 is 0 Å². The van der Waals surface area contributed by atoms with E-state index < -0.39 is 0 Å². The molecule has 0 heterocycles. The van der Waals surface area contributed by atoms with Gasteiger partial charge >= 0.3 is 0 Å². The number of hydrogen-bond acceptors (Lipinski definition) is 1. The summed E-state index contributed by atoms with van der Waals surface area (Å²) in [6.07, 6.45) is 6.71. The fourth-order valence-corrected chi connectivity index (χ4v) is 1.96. The molecule has 0 rings (SSSR count). The van der Waals surface area contributed by atoms with Crippen LogP contribution >= 0.6 is 0 Å². The quantitative estimate of drug-likeness (QED) is 0.556. The largest absolute Gasteiger partial charge is 0.317 e. The average molecular weight is 199 g/mol. The van der Waals surface area contributed by atoms with Crippen molar-refractivity contribution in [3.05, 3.63) is 0 Å². The Morgan fingerprint density at radius 3 is 2.14 bits per heavy atom. The van der Waals surface area contributed by atoms with Crippen molar-refractivity contribution in [2.75, 3.05) is 13.1 Å². The number of rotatable bonds is 9. The van der Waals surface area contributed by atoms with Gasteiger partial charge in [-0.1, -0.05) is 40.5 Å². The Labute approximate surface area is 90.7 Å². The molecule has 0 spiro atoms. The van der Waals surface area contributed by atoms with Crippen LogP contribution in [0.5, 0.6) is 0 Å². The Balaban J connectivity index is 3.38. The Morgan fingerprint density at radius 2 is 1.64 bits per heavy atom. The maximum absolute atomic E-state index is 3.48. The maximum atomic E-state index is 3.48. The average Bonchev–Trinajstić information content (AvgIpc) is 2.21. The van der Waals surface area contributed by atoms with Gasteiger partial charge in [-0.3, -0.25) is 0 Å². The van der Waals surface area contributed by atoms with Crippen LogP contribution in [0.2, 0.25) is 0 Å². The second-order valence-electron chi connectivity index (χ2n) is 4.56. The SMILES string of the molecule is CCCNCCC(C)CC(CC)CC. The predicted octanol–water partition coefficient (Wildman–Crippen LogP) is 3.84. The standard InChI is InChI=1S/C13H29N/c1-5-9-14-10-8-12(4)11-13(6-2)7-3/h12-14H,5-11H2,1-4H3. The van der Waals surface area contributed by atoms with Gasteiger partial charge in [-0.2, -0.15) is 0 Å². The lowest BCUT2D eigenvalue weighted by Gasteiger charge is -2.18. The summed E-state index contributed by atoms with van der Waals surface area (Å²) in [5.41, 5.74) is 0. The molecule has 0 saturated carbocycles. The van der Waals surface area contributed by atoms with E-state index in [1.165, 1.54) is 45.2 Å². The van der Waals surface area contributed by atoms with Crippen LogP contribution in [0.1, 0.15) is 59.8 Å². The van der Waals surface area contributed by atoms with Crippen LogP contribution in [0.3, 0.4) is 0 Å². The monoisotopic (exact) mass is 199 g/mol. The maximum Gasteiger partial charge on any atom is -0.00464 e. The lowest BCUT2D eigenvalue weighted by molar-refractivity contribution is 0.352. The summed E-state index contributed by atoms with van der Waals surface area (Å²) in [4.78, 5) is 0. The second kappa shape index (κ2) is 9.51. The zero-order valence-corrected chi connectivity index (χ0v) is 10.6. The van der Waals surface area contributed by atoms with E-state index in [9.17, 15) is 0 Å². The lowest BCUT2D eigenvalue weighted by atomic mass is 9.90. The van der Waals surface area contributed by atoms with Crippen LogP contribution in [0, 0.1) is 11.8 Å². The normalized spacial score (nSPS) is 13.5. The summed E-state index contributed by atoms with van der Waals surface area (Å²) in [6.45, 7) is 11.6. The van der Waals surface area contributed by atoms with Gasteiger partial charge in [0.25, 0.3) is 0 Å². The molecule has 1 unspecified atom stereocenters. The van der Waals surface area contributed by atoms with Crippen molar-refractivity contribution in [2.45, 2.75) is 59.8 Å². The van der Waals surface area contributed by atoms with Crippen molar-refractivity contribution in [3.8, 4) is 0 Å². The first-order valence-electron chi connectivity index (χ1n) is 6.45. The lowest BCUT2D eigenvalue weighted by Crippen LogP contribution is -2.19. The zero-order chi connectivity index (χ0) is 10.8. The molecule has 1 nitrogen and oxygen atoms in total. The summed E-state index contributed by atoms with van der Waals surface area (Å²) in [7, 11) is 0. The Hall–Kier alpha value is -0.0400. The molecule has 1 N–H and O–H groups in total. The summed E-state index contributed by atoms with van der Waals surface area (Å²) in [6, 6.07) is 0. The van der Waals surface area contributed by atoms with E-state index in [1.54, 1.807) is 0 Å². The molecule has 0 aliphatic carbocycles. The molecule has 0 saturated heterocycles. The molecular formula is C13H29N. The van der Waals surface area contributed by atoms with Gasteiger partial charge in [0, 0.05) is 0 Å². The highest BCUT2D eigenvalue weighted by atomic mass is 14.8. The molecule has 0 aromatic heterocycles.